The van der Waals surface area contributed by atoms with E-state index in [9.17, 15) is 9.59 Å². The molecule has 0 saturated carbocycles. The third kappa shape index (κ3) is 5.89. The van der Waals surface area contributed by atoms with Gasteiger partial charge in [0.15, 0.2) is 0 Å². The summed E-state index contributed by atoms with van der Waals surface area (Å²) in [5.41, 5.74) is 6.70. The van der Waals surface area contributed by atoms with Crippen molar-refractivity contribution in [1.82, 2.24) is 4.57 Å². The van der Waals surface area contributed by atoms with Crippen molar-refractivity contribution in [3.8, 4) is 0 Å². The number of carbonyl (C=O) groups excluding carboxylic acids is 2. The first-order chi connectivity index (χ1) is 10.1. The Hall–Kier alpha value is -1.98. The van der Waals surface area contributed by atoms with E-state index in [1.807, 2.05) is 6.92 Å². The molecule has 0 aliphatic heterocycles. The Balaban J connectivity index is 2.20. The van der Waals surface area contributed by atoms with E-state index in [-0.39, 0.29) is 11.9 Å². The fourth-order valence-electron chi connectivity index (χ4n) is 1.99. The molecule has 0 aromatic carbocycles. The molecule has 1 aromatic heterocycles. The van der Waals surface area contributed by atoms with Gasteiger partial charge in [0.2, 0.25) is 0 Å². The second-order valence-corrected chi connectivity index (χ2v) is 4.70. The number of aromatic nitrogens is 1. The zero-order valence-corrected chi connectivity index (χ0v) is 12.8. The first kappa shape index (κ1) is 17.1. The predicted molar refractivity (Wildman–Crippen MR) is 79.9 cm³/mol. The van der Waals surface area contributed by atoms with Gasteiger partial charge in [0.1, 0.15) is 5.69 Å². The highest BCUT2D eigenvalue weighted by molar-refractivity contribution is 5.89. The second-order valence-electron chi connectivity index (χ2n) is 4.70. The van der Waals surface area contributed by atoms with Gasteiger partial charge >= 0.3 is 11.9 Å². The average Bonchev–Trinajstić information content (AvgIpc) is 2.84. The van der Waals surface area contributed by atoms with Crippen molar-refractivity contribution in [1.29, 1.82) is 0 Å². The summed E-state index contributed by atoms with van der Waals surface area (Å²) in [4.78, 5) is 23.0. The number of nitrogens with two attached hydrogens (primary N) is 1. The summed E-state index contributed by atoms with van der Waals surface area (Å²) in [5.74, 6) is -0.537. The van der Waals surface area contributed by atoms with Crippen LogP contribution < -0.4 is 5.73 Å². The van der Waals surface area contributed by atoms with E-state index in [2.05, 4.69) is 0 Å². The van der Waals surface area contributed by atoms with Crippen molar-refractivity contribution in [3.63, 3.8) is 0 Å². The fraction of sp³-hybridized carbons (Fsp3) is 0.600. The molecule has 0 aliphatic carbocycles. The Morgan fingerprint density at radius 3 is 2.62 bits per heavy atom. The van der Waals surface area contributed by atoms with Gasteiger partial charge in [-0.1, -0.05) is 0 Å². The van der Waals surface area contributed by atoms with Gasteiger partial charge in [0, 0.05) is 19.2 Å². The Bertz CT molecular complexity index is 468. The number of nitrogens with zero attached hydrogens (tertiary/aromatic N) is 1. The molecule has 21 heavy (non-hydrogen) atoms. The third-order valence-electron chi connectivity index (χ3n) is 3.03. The van der Waals surface area contributed by atoms with Gasteiger partial charge in [-0.3, -0.25) is 4.79 Å². The van der Waals surface area contributed by atoms with Gasteiger partial charge in [0.05, 0.1) is 18.9 Å². The lowest BCUT2D eigenvalue weighted by Gasteiger charge is -2.07. The van der Waals surface area contributed by atoms with Crippen LogP contribution in [0.4, 0.5) is 5.69 Å². The molecule has 0 fully saturated rings. The summed E-state index contributed by atoms with van der Waals surface area (Å²) in [6.07, 6.45) is 4.43. The number of esters is 2. The molecule has 0 radical (unpaired) electrons. The number of anilines is 1. The van der Waals surface area contributed by atoms with Crippen LogP contribution in [0.15, 0.2) is 12.3 Å². The maximum atomic E-state index is 11.9. The van der Waals surface area contributed by atoms with Gasteiger partial charge in [-0.25, -0.2) is 4.79 Å². The predicted octanol–water partition coefficient (Wildman–Crippen LogP) is 2.37. The summed E-state index contributed by atoms with van der Waals surface area (Å²) in [5, 5.41) is 0. The lowest BCUT2D eigenvalue weighted by atomic mass is 10.2. The Morgan fingerprint density at radius 2 is 1.95 bits per heavy atom. The van der Waals surface area contributed by atoms with Gasteiger partial charge in [-0.2, -0.15) is 0 Å². The smallest absolute Gasteiger partial charge is 0.355 e. The van der Waals surface area contributed by atoms with Crippen LogP contribution in [0.25, 0.3) is 0 Å². The molecular weight excluding hydrogens is 272 g/mol. The molecule has 6 heteroatoms. The number of nitrogen functional groups attached to an aromatic ring is 1. The second kappa shape index (κ2) is 9.05. The number of hydrogen-bond donors (Lipinski definition) is 1. The summed E-state index contributed by atoms with van der Waals surface area (Å²) >= 11 is 0. The number of carbonyl (C=O) groups is 2. The third-order valence-corrected chi connectivity index (χ3v) is 3.03. The van der Waals surface area contributed by atoms with E-state index < -0.39 is 0 Å². The van der Waals surface area contributed by atoms with Crippen molar-refractivity contribution in [2.75, 3.05) is 18.9 Å². The van der Waals surface area contributed by atoms with Crippen LogP contribution >= 0.6 is 0 Å². The first-order valence-electron chi connectivity index (χ1n) is 7.36. The molecule has 1 heterocycles. The van der Waals surface area contributed by atoms with Crippen molar-refractivity contribution in [2.45, 2.75) is 46.1 Å². The zero-order valence-electron chi connectivity index (χ0n) is 12.8. The molecule has 0 atom stereocenters. The van der Waals surface area contributed by atoms with Crippen LogP contribution in [0.2, 0.25) is 0 Å². The summed E-state index contributed by atoms with van der Waals surface area (Å²) in [6, 6.07) is 1.62. The molecule has 118 valence electrons. The van der Waals surface area contributed by atoms with E-state index in [1.54, 1.807) is 23.8 Å². The molecule has 0 saturated heterocycles. The van der Waals surface area contributed by atoms with E-state index >= 15 is 0 Å². The number of rotatable bonds is 9. The van der Waals surface area contributed by atoms with Crippen LogP contribution in [0.5, 0.6) is 0 Å². The first-order valence-corrected chi connectivity index (χ1v) is 7.36. The largest absolute Gasteiger partial charge is 0.466 e. The van der Waals surface area contributed by atoms with Crippen LogP contribution in [-0.4, -0.2) is 29.7 Å². The monoisotopic (exact) mass is 296 g/mol. The minimum absolute atomic E-state index is 0.175. The van der Waals surface area contributed by atoms with Crippen LogP contribution in [0, 0.1) is 0 Å². The lowest BCUT2D eigenvalue weighted by Crippen LogP contribution is -2.12. The average molecular weight is 296 g/mol. The molecule has 6 nitrogen and oxygen atoms in total. The highest BCUT2D eigenvalue weighted by Gasteiger charge is 2.13. The van der Waals surface area contributed by atoms with Crippen LogP contribution in [-0.2, 0) is 20.8 Å². The van der Waals surface area contributed by atoms with Gasteiger partial charge in [-0.15, -0.1) is 0 Å². The molecule has 0 amide bonds. The number of aryl methyl sites for hydroxylation is 1. The standard InChI is InChI=1S/C15H24N2O4/c1-3-17-11-12(16)10-13(17)15(19)21-9-7-5-6-8-14(18)20-4-2/h10-11H,3-9,16H2,1-2H3. The normalized spacial score (nSPS) is 10.4. The lowest BCUT2D eigenvalue weighted by molar-refractivity contribution is -0.143. The quantitative estimate of drug-likeness (QED) is 0.558. The molecule has 1 rings (SSSR count). The van der Waals surface area contributed by atoms with E-state index in [0.717, 1.165) is 19.3 Å². The van der Waals surface area contributed by atoms with Crippen LogP contribution in [0.1, 0.15) is 50.0 Å². The maximum Gasteiger partial charge on any atom is 0.355 e. The summed E-state index contributed by atoms with van der Waals surface area (Å²) < 4.78 is 11.8. The SMILES string of the molecule is CCOC(=O)CCCCCOC(=O)c1cc(N)cn1CC. The van der Waals surface area contributed by atoms with Crippen molar-refractivity contribution >= 4 is 17.6 Å². The highest BCUT2D eigenvalue weighted by Crippen LogP contribution is 2.12. The van der Waals surface area contributed by atoms with E-state index in [4.69, 9.17) is 15.2 Å². The number of hydrogen-bond acceptors (Lipinski definition) is 5. The van der Waals surface area contributed by atoms with E-state index in [1.165, 1.54) is 0 Å². The van der Waals surface area contributed by atoms with Crippen molar-refractivity contribution in [2.24, 2.45) is 0 Å². The van der Waals surface area contributed by atoms with Crippen LogP contribution in [0.3, 0.4) is 0 Å². The topological polar surface area (TPSA) is 83.6 Å². The highest BCUT2D eigenvalue weighted by atomic mass is 16.5. The molecule has 0 spiro atoms. The van der Waals surface area contributed by atoms with Crippen molar-refractivity contribution in [3.05, 3.63) is 18.0 Å². The fourth-order valence-corrected chi connectivity index (χ4v) is 1.99. The zero-order chi connectivity index (χ0) is 15.7. The minimum atomic E-state index is -0.362. The summed E-state index contributed by atoms with van der Waals surface area (Å²) in [7, 11) is 0. The Morgan fingerprint density at radius 1 is 1.19 bits per heavy atom. The Kier molecular flexibility index (Phi) is 7.36. The molecule has 0 unspecified atom stereocenters. The number of unbranched alkanes of at least 4 members (excludes halogenated alkanes) is 2. The number of ether oxygens (including phenoxy) is 2. The molecule has 0 aliphatic rings. The van der Waals surface area contributed by atoms with Gasteiger partial charge in [-0.05, 0) is 39.2 Å². The Labute approximate surface area is 125 Å². The van der Waals surface area contributed by atoms with E-state index in [0.29, 0.717) is 37.6 Å². The molecule has 0 bridgehead atoms. The maximum absolute atomic E-state index is 11.9. The minimum Gasteiger partial charge on any atom is -0.466 e. The molecule has 1 aromatic rings. The van der Waals surface area contributed by atoms with Crippen molar-refractivity contribution < 1.29 is 19.1 Å². The van der Waals surface area contributed by atoms with Gasteiger partial charge in [0.25, 0.3) is 0 Å². The summed E-state index contributed by atoms with van der Waals surface area (Å²) in [6.45, 7) is 5.15. The molecular formula is C15H24N2O4. The molecule has 2 N–H and O–H groups in total. The van der Waals surface area contributed by atoms with Gasteiger partial charge < -0.3 is 19.8 Å².